The van der Waals surface area contributed by atoms with Gasteiger partial charge in [-0.1, -0.05) is 24.3 Å². The second-order valence-electron chi connectivity index (χ2n) is 4.99. The number of carbonyl (C=O) groups is 1. The summed E-state index contributed by atoms with van der Waals surface area (Å²) >= 11 is 1.22. The highest BCUT2D eigenvalue weighted by Gasteiger charge is 2.24. The third kappa shape index (κ3) is 2.80. The number of sulfonamides is 1. The molecular weight excluding hydrogens is 332 g/mol. The molecule has 0 atom stereocenters. The van der Waals surface area contributed by atoms with Gasteiger partial charge in [-0.05, 0) is 35.7 Å². The van der Waals surface area contributed by atoms with Crippen LogP contribution in [-0.4, -0.2) is 21.4 Å². The summed E-state index contributed by atoms with van der Waals surface area (Å²) in [6.45, 7) is 0. The van der Waals surface area contributed by atoms with Crippen LogP contribution in [0, 0.1) is 0 Å². The van der Waals surface area contributed by atoms with Crippen molar-refractivity contribution >= 4 is 43.0 Å². The van der Waals surface area contributed by atoms with Gasteiger partial charge in [0.05, 0.1) is 5.69 Å². The molecule has 1 amide bonds. The lowest BCUT2D eigenvalue weighted by molar-refractivity contribution is 0.100. The van der Waals surface area contributed by atoms with E-state index in [0.29, 0.717) is 5.69 Å². The molecule has 0 radical (unpaired) electrons. The average Bonchev–Trinajstić information content (AvgIpc) is 2.99. The van der Waals surface area contributed by atoms with Gasteiger partial charge in [0.25, 0.3) is 10.0 Å². The van der Waals surface area contributed by atoms with Crippen LogP contribution in [0.2, 0.25) is 0 Å². The number of amides is 1. The van der Waals surface area contributed by atoms with E-state index < -0.39 is 15.9 Å². The Labute approximate surface area is 138 Å². The largest absolute Gasteiger partial charge is 0.366 e. The second kappa shape index (κ2) is 5.68. The maximum absolute atomic E-state index is 12.8. The standard InChI is InChI=1S/C16H14N2O3S2/c1-18(13-7-4-6-12(9-13)16(17)19)23(20,21)15-10-11-5-2-3-8-14(11)22-15/h2-10H,1H3,(H2,17,19). The Hall–Kier alpha value is -2.38. The first-order valence-corrected chi connectivity index (χ1v) is 9.02. The van der Waals surface area contributed by atoms with Crippen LogP contribution < -0.4 is 10.0 Å². The summed E-state index contributed by atoms with van der Waals surface area (Å²) in [7, 11) is -2.24. The fraction of sp³-hybridized carbons (Fsp3) is 0.0625. The summed E-state index contributed by atoms with van der Waals surface area (Å²) in [5, 5.41) is 0.885. The number of hydrogen-bond donors (Lipinski definition) is 1. The Morgan fingerprint density at radius 3 is 2.52 bits per heavy atom. The van der Waals surface area contributed by atoms with Crippen molar-refractivity contribution in [3.63, 3.8) is 0 Å². The van der Waals surface area contributed by atoms with E-state index in [1.165, 1.54) is 24.5 Å². The normalized spacial score (nSPS) is 11.5. The van der Waals surface area contributed by atoms with E-state index in [9.17, 15) is 13.2 Å². The van der Waals surface area contributed by atoms with Crippen LogP contribution in [0.25, 0.3) is 10.1 Å². The monoisotopic (exact) mass is 346 g/mol. The molecule has 23 heavy (non-hydrogen) atoms. The molecule has 0 bridgehead atoms. The molecule has 2 aromatic carbocycles. The summed E-state index contributed by atoms with van der Waals surface area (Å²) in [5.41, 5.74) is 5.90. The second-order valence-corrected chi connectivity index (χ2v) is 8.27. The Bertz CT molecular complexity index is 960. The molecule has 1 heterocycles. The summed E-state index contributed by atoms with van der Waals surface area (Å²) in [6, 6.07) is 15.4. The highest BCUT2D eigenvalue weighted by molar-refractivity contribution is 7.94. The number of rotatable bonds is 4. The van der Waals surface area contributed by atoms with Crippen molar-refractivity contribution in [1.29, 1.82) is 0 Å². The number of anilines is 1. The third-order valence-corrected chi connectivity index (χ3v) is 6.86. The maximum Gasteiger partial charge on any atom is 0.273 e. The number of nitrogens with two attached hydrogens (primary N) is 1. The van der Waals surface area contributed by atoms with Gasteiger partial charge in [-0.25, -0.2) is 8.42 Å². The first kappa shape index (κ1) is 15.5. The minimum absolute atomic E-state index is 0.255. The zero-order valence-corrected chi connectivity index (χ0v) is 13.9. The van der Waals surface area contributed by atoms with E-state index in [-0.39, 0.29) is 9.77 Å². The molecule has 0 fully saturated rings. The Morgan fingerprint density at radius 1 is 1.09 bits per heavy atom. The van der Waals surface area contributed by atoms with Gasteiger partial charge in [-0.2, -0.15) is 0 Å². The predicted molar refractivity (Wildman–Crippen MR) is 92.4 cm³/mol. The highest BCUT2D eigenvalue weighted by atomic mass is 32.2. The van der Waals surface area contributed by atoms with Crippen LogP contribution in [0.1, 0.15) is 10.4 Å². The smallest absolute Gasteiger partial charge is 0.273 e. The Balaban J connectivity index is 2.04. The van der Waals surface area contributed by atoms with Gasteiger partial charge in [-0.3, -0.25) is 9.10 Å². The molecule has 0 aliphatic rings. The number of hydrogen-bond acceptors (Lipinski definition) is 4. The van der Waals surface area contributed by atoms with Crippen molar-refractivity contribution in [2.75, 3.05) is 11.4 Å². The molecule has 0 spiro atoms. The van der Waals surface area contributed by atoms with Crippen molar-refractivity contribution in [2.24, 2.45) is 5.73 Å². The van der Waals surface area contributed by atoms with Gasteiger partial charge in [0.2, 0.25) is 5.91 Å². The quantitative estimate of drug-likeness (QED) is 0.789. The molecule has 0 aliphatic heterocycles. The fourth-order valence-electron chi connectivity index (χ4n) is 2.21. The number of nitrogens with zero attached hydrogens (tertiary/aromatic N) is 1. The first-order valence-electron chi connectivity index (χ1n) is 6.77. The molecule has 3 aromatic rings. The van der Waals surface area contributed by atoms with E-state index in [1.807, 2.05) is 24.3 Å². The van der Waals surface area contributed by atoms with Crippen LogP contribution in [0.3, 0.4) is 0 Å². The van der Waals surface area contributed by atoms with Crippen LogP contribution in [0.5, 0.6) is 0 Å². The highest BCUT2D eigenvalue weighted by Crippen LogP contribution is 2.32. The Morgan fingerprint density at radius 2 is 1.83 bits per heavy atom. The Kier molecular flexibility index (Phi) is 3.83. The van der Waals surface area contributed by atoms with Crippen LogP contribution >= 0.6 is 11.3 Å². The van der Waals surface area contributed by atoms with Gasteiger partial charge in [0.15, 0.2) is 0 Å². The van der Waals surface area contributed by atoms with Gasteiger partial charge < -0.3 is 5.73 Å². The van der Waals surface area contributed by atoms with E-state index in [2.05, 4.69) is 0 Å². The maximum atomic E-state index is 12.8. The molecule has 2 N–H and O–H groups in total. The van der Waals surface area contributed by atoms with Crippen molar-refractivity contribution in [2.45, 2.75) is 4.21 Å². The van der Waals surface area contributed by atoms with Gasteiger partial charge in [0.1, 0.15) is 4.21 Å². The number of thiophene rings is 1. The van der Waals surface area contributed by atoms with Gasteiger partial charge >= 0.3 is 0 Å². The summed E-state index contributed by atoms with van der Waals surface area (Å²) < 4.78 is 27.9. The first-order chi connectivity index (χ1) is 10.9. The molecule has 0 unspecified atom stereocenters. The van der Waals surface area contributed by atoms with Crippen LogP contribution in [0.4, 0.5) is 5.69 Å². The zero-order valence-electron chi connectivity index (χ0n) is 12.3. The van der Waals surface area contributed by atoms with Crippen molar-refractivity contribution < 1.29 is 13.2 Å². The molecular formula is C16H14N2O3S2. The molecule has 1 aromatic heterocycles. The third-order valence-electron chi connectivity index (χ3n) is 3.51. The number of benzene rings is 2. The predicted octanol–water partition coefficient (Wildman–Crippen LogP) is 2.83. The van der Waals surface area contributed by atoms with Gasteiger partial charge in [-0.15, -0.1) is 11.3 Å². The number of primary amides is 1. The van der Waals surface area contributed by atoms with E-state index in [4.69, 9.17) is 5.73 Å². The van der Waals surface area contributed by atoms with E-state index in [0.717, 1.165) is 14.4 Å². The summed E-state index contributed by atoms with van der Waals surface area (Å²) in [6.07, 6.45) is 0. The van der Waals surface area contributed by atoms with Crippen LogP contribution in [0.15, 0.2) is 58.8 Å². The van der Waals surface area contributed by atoms with Crippen molar-refractivity contribution in [1.82, 2.24) is 0 Å². The lowest BCUT2D eigenvalue weighted by atomic mass is 10.2. The number of fused-ring (bicyclic) bond motifs is 1. The molecule has 0 aliphatic carbocycles. The molecule has 0 saturated carbocycles. The molecule has 3 rings (SSSR count). The minimum Gasteiger partial charge on any atom is -0.366 e. The fourth-order valence-corrected chi connectivity index (χ4v) is 4.97. The molecule has 7 heteroatoms. The zero-order chi connectivity index (χ0) is 16.6. The topological polar surface area (TPSA) is 80.5 Å². The molecule has 118 valence electrons. The number of carbonyl (C=O) groups excluding carboxylic acids is 1. The van der Waals surface area contributed by atoms with Crippen LogP contribution in [-0.2, 0) is 10.0 Å². The molecule has 0 saturated heterocycles. The average molecular weight is 346 g/mol. The minimum atomic E-state index is -3.70. The lowest BCUT2D eigenvalue weighted by Gasteiger charge is -2.18. The van der Waals surface area contributed by atoms with Crippen molar-refractivity contribution in [3.8, 4) is 0 Å². The van der Waals surface area contributed by atoms with E-state index in [1.54, 1.807) is 24.3 Å². The molecule has 5 nitrogen and oxygen atoms in total. The SMILES string of the molecule is CN(c1cccc(C(N)=O)c1)S(=O)(=O)c1cc2ccccc2s1. The summed E-state index contributed by atoms with van der Waals surface area (Å²) in [5.74, 6) is -0.598. The lowest BCUT2D eigenvalue weighted by Crippen LogP contribution is -2.26. The van der Waals surface area contributed by atoms with E-state index >= 15 is 0 Å². The summed E-state index contributed by atoms with van der Waals surface area (Å²) in [4.78, 5) is 11.3. The van der Waals surface area contributed by atoms with Gasteiger partial charge in [0, 0.05) is 17.3 Å². The van der Waals surface area contributed by atoms with Crippen molar-refractivity contribution in [3.05, 3.63) is 60.2 Å².